The molecule has 0 N–H and O–H groups in total. The molecular weight excluding hydrogens is 1400 g/mol. The molecule has 10 aromatic carbocycles. The number of nitrogens with zero attached hydrogens (tertiary/aromatic N) is 4. The van der Waals surface area contributed by atoms with Crippen molar-refractivity contribution in [2.75, 3.05) is 28.2 Å². The molecule has 0 amide bonds. The van der Waals surface area contributed by atoms with Crippen molar-refractivity contribution in [1.82, 2.24) is 18.9 Å². The number of rotatable bonds is 7. The Morgan fingerprint density at radius 3 is 0.632 bits per heavy atom. The second kappa shape index (κ2) is 66.2. The molecule has 2 heterocycles. The molecule has 4 nitrogen and oxygen atoms in total. The minimum atomic E-state index is 0. The van der Waals surface area contributed by atoms with Crippen molar-refractivity contribution in [2.24, 2.45) is 14.1 Å². The second-order valence-corrected chi connectivity index (χ2v) is 18.0. The summed E-state index contributed by atoms with van der Waals surface area (Å²) in [5, 5.41) is 5.39. The van der Waals surface area contributed by atoms with Crippen LogP contribution in [-0.4, -0.2) is 47.1 Å². The normalized spacial score (nSPS) is 8.76. The number of fused-ring (bicyclic) bond motifs is 6. The van der Waals surface area contributed by atoms with E-state index in [1.807, 2.05) is 284 Å². The molecule has 0 saturated carbocycles. The minimum absolute atomic E-state index is 0. The van der Waals surface area contributed by atoms with Crippen LogP contribution in [0.15, 0.2) is 231 Å². The summed E-state index contributed by atoms with van der Waals surface area (Å²) in [6.45, 7) is 42.0. The quantitative estimate of drug-likeness (QED) is 0.148. The predicted molar refractivity (Wildman–Crippen MR) is 418 cm³/mol. The number of hydrogen-bond donors (Lipinski definition) is 0. The van der Waals surface area contributed by atoms with Crippen LogP contribution in [0, 0.1) is 36.4 Å². The summed E-state index contributed by atoms with van der Waals surface area (Å²) in [7, 11) is 12.7. The van der Waals surface area contributed by atoms with Gasteiger partial charge in [0, 0.05) is 70.8 Å². The second-order valence-electron chi connectivity index (χ2n) is 18.0. The Morgan fingerprint density at radius 1 is 0.253 bits per heavy atom. The fourth-order valence-corrected chi connectivity index (χ4v) is 8.72. The van der Waals surface area contributed by atoms with Crippen molar-refractivity contribution in [3.63, 3.8) is 0 Å². The van der Waals surface area contributed by atoms with Crippen molar-refractivity contribution >= 4 is 43.6 Å². The Balaban J connectivity index is -0.000000244. The summed E-state index contributed by atoms with van der Waals surface area (Å²) in [5.41, 5.74) is 14.5. The van der Waals surface area contributed by atoms with Crippen LogP contribution >= 0.6 is 0 Å². The van der Waals surface area contributed by atoms with Gasteiger partial charge in [-0.25, -0.2) is 33.4 Å². The molecule has 0 unspecified atom stereocenters. The van der Waals surface area contributed by atoms with Crippen molar-refractivity contribution in [3.05, 3.63) is 278 Å². The van der Waals surface area contributed by atoms with E-state index in [1.54, 1.807) is 0 Å². The van der Waals surface area contributed by atoms with Gasteiger partial charge in [0.05, 0.1) is 0 Å². The molecule has 0 bridgehead atoms. The molecule has 0 atom stereocenters. The van der Waals surface area contributed by atoms with Crippen LogP contribution in [0.2, 0.25) is 0 Å². The van der Waals surface area contributed by atoms with Crippen molar-refractivity contribution in [1.29, 1.82) is 0 Å². The average molecular weight is 1520 g/mol. The van der Waals surface area contributed by atoms with Crippen LogP contribution in [0.25, 0.3) is 77.0 Å². The van der Waals surface area contributed by atoms with Crippen LogP contribution < -0.4 is 0 Å². The molecule has 12 aromatic rings. The molecule has 0 aliphatic heterocycles. The van der Waals surface area contributed by atoms with E-state index in [2.05, 4.69) is 183 Å². The van der Waals surface area contributed by atoms with Gasteiger partial charge in [-0.15, -0.1) is 36.4 Å². The first-order chi connectivity index (χ1) is 45.2. The molecule has 7 heteroatoms. The van der Waals surface area contributed by atoms with E-state index in [1.165, 1.54) is 54.7 Å². The number of benzene rings is 10. The molecule has 508 valence electrons. The van der Waals surface area contributed by atoms with E-state index in [9.17, 15) is 0 Å². The summed E-state index contributed by atoms with van der Waals surface area (Å²) in [4.78, 5) is 4.40. The molecule has 2 radical (unpaired) electrons. The van der Waals surface area contributed by atoms with Gasteiger partial charge in [0.25, 0.3) is 0 Å². The Labute approximate surface area is 621 Å². The smallest absolute Gasteiger partial charge is 0.344 e. The molecule has 0 spiro atoms. The SMILES string of the molecule is CC.CC.CC.CC.CC.CC.CC.CC.CC.CC.CN(C)Cc1ccc2c(c1)c1ccccc1n2C.CN(C)Cc1ccc2c(c1)c1ccccc1n2C.[V+2].[V+2].[W+2].[c-]1ccccc1-c1[c-]cccc1.[c-]1ccccc1-c1[c-]cccc1.[c-]1ccccc1-c1[c-]cccc1. The molecule has 12 rings (SSSR count). The van der Waals surface area contributed by atoms with Crippen LogP contribution in [0.1, 0.15) is 150 Å². The first kappa shape index (κ1) is 99.6. The van der Waals surface area contributed by atoms with E-state index < -0.39 is 0 Å². The number of aryl methyl sites for hydroxylation is 2. The molecule has 0 aliphatic rings. The topological polar surface area (TPSA) is 16.3 Å². The van der Waals surface area contributed by atoms with E-state index in [0.717, 1.165) is 46.5 Å². The Kier molecular flexibility index (Phi) is 69.4. The van der Waals surface area contributed by atoms with Gasteiger partial charge in [-0.3, -0.25) is 0 Å². The van der Waals surface area contributed by atoms with Gasteiger partial charge in [-0.1, -0.05) is 187 Å². The molecule has 2 aromatic heterocycles. The summed E-state index contributed by atoms with van der Waals surface area (Å²) in [6.07, 6.45) is 0. The van der Waals surface area contributed by atoms with Gasteiger partial charge >= 0.3 is 58.2 Å². The zero-order valence-corrected chi connectivity index (χ0v) is 69.2. The molecular formula is C88H120N4V2W. The zero-order valence-electron chi connectivity index (χ0n) is 63.4. The molecule has 95 heavy (non-hydrogen) atoms. The molecule has 0 saturated heterocycles. The Morgan fingerprint density at radius 2 is 0.442 bits per heavy atom. The number of para-hydroxylation sites is 2. The van der Waals surface area contributed by atoms with E-state index in [0.29, 0.717) is 0 Å². The van der Waals surface area contributed by atoms with Crippen LogP contribution in [0.4, 0.5) is 0 Å². The monoisotopic (exact) mass is 1520 g/mol. The summed E-state index contributed by atoms with van der Waals surface area (Å²) in [5.74, 6) is 0. The third kappa shape index (κ3) is 35.9. The number of hydrogen-bond acceptors (Lipinski definition) is 2. The largest absolute Gasteiger partial charge is 2.00 e. The predicted octanol–water partition coefficient (Wildman–Crippen LogP) is 25.9. The molecule has 0 aliphatic carbocycles. The van der Waals surface area contributed by atoms with Crippen LogP contribution in [0.5, 0.6) is 0 Å². The fourth-order valence-electron chi connectivity index (χ4n) is 8.72. The van der Waals surface area contributed by atoms with Gasteiger partial charge in [0.2, 0.25) is 0 Å². The van der Waals surface area contributed by atoms with E-state index in [4.69, 9.17) is 0 Å². The summed E-state index contributed by atoms with van der Waals surface area (Å²) >= 11 is 0. The van der Waals surface area contributed by atoms with Crippen LogP contribution in [-0.2, 0) is 85.4 Å². The van der Waals surface area contributed by atoms with Crippen LogP contribution in [0.3, 0.4) is 0 Å². The Bertz CT molecular complexity index is 3110. The zero-order chi connectivity index (χ0) is 70.1. The Hall–Kier alpha value is -6.42. The van der Waals surface area contributed by atoms with E-state index >= 15 is 0 Å². The third-order valence-corrected chi connectivity index (χ3v) is 12.1. The third-order valence-electron chi connectivity index (χ3n) is 12.1. The first-order valence-corrected chi connectivity index (χ1v) is 34.3. The number of aromatic nitrogens is 2. The van der Waals surface area contributed by atoms with E-state index in [-0.39, 0.29) is 58.2 Å². The van der Waals surface area contributed by atoms with Gasteiger partial charge in [-0.2, -0.15) is 146 Å². The fraction of sp³-hybridized carbons (Fsp3) is 0.318. The van der Waals surface area contributed by atoms with Crippen molar-refractivity contribution in [3.8, 4) is 33.4 Å². The summed E-state index contributed by atoms with van der Waals surface area (Å²) in [6, 6.07) is 97.2. The maximum absolute atomic E-state index is 3.15. The maximum Gasteiger partial charge on any atom is 2.00 e. The first-order valence-electron chi connectivity index (χ1n) is 34.3. The summed E-state index contributed by atoms with van der Waals surface area (Å²) < 4.78 is 4.54. The maximum atomic E-state index is 3.15. The molecule has 0 fully saturated rings. The minimum Gasteiger partial charge on any atom is -0.344 e. The van der Waals surface area contributed by atoms with Crippen molar-refractivity contribution in [2.45, 2.75) is 152 Å². The van der Waals surface area contributed by atoms with Gasteiger partial charge < -0.3 is 18.9 Å². The van der Waals surface area contributed by atoms with Gasteiger partial charge in [0.15, 0.2) is 0 Å². The standard InChI is InChI=1S/2C16H18N2.3C12H8.10C2H6.2V.W/c2*1-17(2)11-12-8-9-16-14(10-12)13-6-4-5-7-15(13)18(16)3;3*1-3-7-11(8-4-1)12-9-5-2-6-10-12;10*1-2;;;/h2*4-10H,11H2,1-3H3;3*1-7,9H;10*1-2H3;;;/q;;3*-2;;;;;;;;;;;3*+2. The van der Waals surface area contributed by atoms with Gasteiger partial charge in [0.1, 0.15) is 0 Å². The van der Waals surface area contributed by atoms with Gasteiger partial charge in [-0.05, 0) is 75.7 Å². The average Bonchev–Trinajstić information content (AvgIpc) is 1.63. The van der Waals surface area contributed by atoms with Crippen molar-refractivity contribution < 1.29 is 58.2 Å².